The number of carbonyl (C=O) groups excluding carboxylic acids is 1. The van der Waals surface area contributed by atoms with E-state index in [1.807, 2.05) is 0 Å². The summed E-state index contributed by atoms with van der Waals surface area (Å²) in [5, 5.41) is 0.0188. The van der Waals surface area contributed by atoms with Crippen LogP contribution < -0.4 is 0 Å². The molecule has 24 heavy (non-hydrogen) atoms. The number of hydrogen-bond donors (Lipinski definition) is 1. The minimum Gasteiger partial charge on any atom is -0.353 e. The summed E-state index contributed by atoms with van der Waals surface area (Å²) in [7, 11) is 0. The molecule has 0 fully saturated rings. The zero-order valence-electron chi connectivity index (χ0n) is 12.0. The quantitative estimate of drug-likeness (QED) is 0.525. The van der Waals surface area contributed by atoms with Crippen LogP contribution in [0.5, 0.6) is 0 Å². The van der Waals surface area contributed by atoms with Crippen LogP contribution in [0.1, 0.15) is 21.6 Å². The van der Waals surface area contributed by atoms with Gasteiger partial charge < -0.3 is 4.98 Å². The Balaban J connectivity index is 2.30. The summed E-state index contributed by atoms with van der Waals surface area (Å²) in [4.78, 5) is 14.7. The molecular weight excluding hydrogens is 329 g/mol. The van der Waals surface area contributed by atoms with Gasteiger partial charge in [-0.25, -0.2) is 0 Å². The lowest BCUT2D eigenvalue weighted by atomic mass is 9.98. The highest BCUT2D eigenvalue weighted by molar-refractivity contribution is 6.17. The van der Waals surface area contributed by atoms with E-state index in [2.05, 4.69) is 4.98 Å². The maximum absolute atomic E-state index is 13.9. The molecule has 0 unspecified atom stereocenters. The van der Waals surface area contributed by atoms with Crippen molar-refractivity contribution in [2.75, 3.05) is 0 Å². The molecule has 0 bridgehead atoms. The SMILES string of the molecule is O=C(c1ccccc1)c1c(C(F)(F)C(F)(F)F)[nH]c2ccccc12. The fraction of sp³-hybridized carbons (Fsp3) is 0.118. The van der Waals surface area contributed by atoms with E-state index in [0.717, 1.165) is 0 Å². The summed E-state index contributed by atoms with van der Waals surface area (Å²) in [6.07, 6.45) is -5.82. The van der Waals surface area contributed by atoms with Gasteiger partial charge in [-0.05, 0) is 6.07 Å². The molecule has 0 atom stereocenters. The van der Waals surface area contributed by atoms with E-state index in [0.29, 0.717) is 0 Å². The van der Waals surface area contributed by atoms with Crippen LogP contribution in [0, 0.1) is 0 Å². The van der Waals surface area contributed by atoms with E-state index >= 15 is 0 Å². The lowest BCUT2D eigenvalue weighted by molar-refractivity contribution is -0.290. The molecule has 1 aromatic heterocycles. The topological polar surface area (TPSA) is 32.9 Å². The van der Waals surface area contributed by atoms with E-state index in [4.69, 9.17) is 0 Å². The minimum absolute atomic E-state index is 0.0188. The van der Waals surface area contributed by atoms with Gasteiger partial charge in [-0.15, -0.1) is 0 Å². The Bertz CT molecular complexity index is 896. The van der Waals surface area contributed by atoms with Crippen LogP contribution >= 0.6 is 0 Å². The Morgan fingerprint density at radius 3 is 2.04 bits per heavy atom. The summed E-state index contributed by atoms with van der Waals surface area (Å²) in [5.74, 6) is -6.07. The van der Waals surface area contributed by atoms with Crippen LogP contribution in [0.4, 0.5) is 22.0 Å². The van der Waals surface area contributed by atoms with E-state index < -0.39 is 29.1 Å². The van der Waals surface area contributed by atoms with Gasteiger partial charge in [-0.2, -0.15) is 22.0 Å². The summed E-state index contributed by atoms with van der Waals surface area (Å²) in [6, 6.07) is 13.0. The molecule has 3 rings (SSSR count). The molecule has 2 nitrogen and oxygen atoms in total. The van der Waals surface area contributed by atoms with Crippen LogP contribution in [0.3, 0.4) is 0 Å². The normalized spacial score (nSPS) is 12.5. The number of hydrogen-bond acceptors (Lipinski definition) is 1. The number of alkyl halides is 5. The Hall–Kier alpha value is -2.70. The van der Waals surface area contributed by atoms with Crippen molar-refractivity contribution in [1.82, 2.24) is 4.98 Å². The Kier molecular flexibility index (Phi) is 3.66. The summed E-state index contributed by atoms with van der Waals surface area (Å²) in [6.45, 7) is 0. The van der Waals surface area contributed by atoms with Gasteiger partial charge in [-0.3, -0.25) is 4.79 Å². The first-order chi connectivity index (χ1) is 11.2. The number of para-hydroxylation sites is 1. The number of aromatic nitrogens is 1. The molecule has 3 aromatic rings. The first-order valence-corrected chi connectivity index (χ1v) is 6.89. The lowest BCUT2D eigenvalue weighted by Gasteiger charge is -2.19. The molecule has 1 heterocycles. The number of nitrogens with one attached hydrogen (secondary N) is 1. The first-order valence-electron chi connectivity index (χ1n) is 6.89. The van der Waals surface area contributed by atoms with Gasteiger partial charge in [0, 0.05) is 16.5 Å². The molecular formula is C17H10F5NO. The van der Waals surface area contributed by atoms with Gasteiger partial charge in [0.1, 0.15) is 5.69 Å². The van der Waals surface area contributed by atoms with Crippen LogP contribution in [0.15, 0.2) is 54.6 Å². The van der Waals surface area contributed by atoms with Crippen molar-refractivity contribution in [2.24, 2.45) is 0 Å². The molecule has 2 aromatic carbocycles. The fourth-order valence-corrected chi connectivity index (χ4v) is 2.49. The summed E-state index contributed by atoms with van der Waals surface area (Å²) < 4.78 is 66.3. The Morgan fingerprint density at radius 1 is 0.833 bits per heavy atom. The van der Waals surface area contributed by atoms with Crippen molar-refractivity contribution in [1.29, 1.82) is 0 Å². The molecule has 0 saturated carbocycles. The number of ketones is 1. The molecule has 124 valence electrons. The second kappa shape index (κ2) is 5.43. The number of H-pyrrole nitrogens is 1. The van der Waals surface area contributed by atoms with Crippen LogP contribution in [0.2, 0.25) is 0 Å². The number of carbonyl (C=O) groups is 1. The highest BCUT2D eigenvalue weighted by Crippen LogP contribution is 2.46. The van der Waals surface area contributed by atoms with Crippen molar-refractivity contribution in [3.05, 3.63) is 71.4 Å². The van der Waals surface area contributed by atoms with E-state index in [1.165, 1.54) is 48.5 Å². The van der Waals surface area contributed by atoms with Crippen molar-refractivity contribution < 1.29 is 26.7 Å². The number of benzene rings is 2. The Morgan fingerprint density at radius 2 is 1.42 bits per heavy atom. The fourth-order valence-electron chi connectivity index (χ4n) is 2.49. The highest BCUT2D eigenvalue weighted by Gasteiger charge is 2.61. The van der Waals surface area contributed by atoms with Gasteiger partial charge in [0.2, 0.25) is 0 Å². The van der Waals surface area contributed by atoms with Crippen molar-refractivity contribution in [3.63, 3.8) is 0 Å². The molecule has 0 radical (unpaired) electrons. The second-order valence-corrected chi connectivity index (χ2v) is 5.19. The lowest BCUT2D eigenvalue weighted by Crippen LogP contribution is -2.35. The number of halogens is 5. The first kappa shape index (κ1) is 16.2. The summed E-state index contributed by atoms with van der Waals surface area (Å²) in [5.41, 5.74) is -2.04. The highest BCUT2D eigenvalue weighted by atomic mass is 19.4. The zero-order chi connectivity index (χ0) is 17.5. The standard InChI is InChI=1S/C17H10F5NO/c18-16(19,17(20,21)22)15-13(11-8-4-5-9-12(11)23-15)14(24)10-6-2-1-3-7-10/h1-9,23H. The van der Waals surface area contributed by atoms with E-state index in [-0.39, 0.29) is 16.5 Å². The molecule has 0 aliphatic carbocycles. The number of aromatic amines is 1. The van der Waals surface area contributed by atoms with Gasteiger partial charge in [0.15, 0.2) is 5.78 Å². The predicted molar refractivity (Wildman–Crippen MR) is 78.1 cm³/mol. The average Bonchev–Trinajstić information content (AvgIpc) is 2.94. The van der Waals surface area contributed by atoms with Crippen molar-refractivity contribution in [3.8, 4) is 0 Å². The van der Waals surface area contributed by atoms with Gasteiger partial charge >= 0.3 is 12.1 Å². The monoisotopic (exact) mass is 339 g/mol. The average molecular weight is 339 g/mol. The molecule has 0 saturated heterocycles. The maximum atomic E-state index is 13.9. The molecule has 0 spiro atoms. The third-order valence-corrected chi connectivity index (χ3v) is 3.64. The second-order valence-electron chi connectivity index (χ2n) is 5.19. The van der Waals surface area contributed by atoms with Gasteiger partial charge in [0.25, 0.3) is 0 Å². The minimum atomic E-state index is -5.82. The molecule has 0 amide bonds. The van der Waals surface area contributed by atoms with Crippen LogP contribution in [0.25, 0.3) is 10.9 Å². The third-order valence-electron chi connectivity index (χ3n) is 3.64. The molecule has 0 aliphatic rings. The number of fused-ring (bicyclic) bond motifs is 1. The van der Waals surface area contributed by atoms with Crippen molar-refractivity contribution >= 4 is 16.7 Å². The van der Waals surface area contributed by atoms with Crippen molar-refractivity contribution in [2.45, 2.75) is 12.1 Å². The maximum Gasteiger partial charge on any atom is 0.459 e. The predicted octanol–water partition coefficient (Wildman–Crippen LogP) is 5.05. The zero-order valence-corrected chi connectivity index (χ0v) is 12.0. The molecule has 7 heteroatoms. The largest absolute Gasteiger partial charge is 0.459 e. The smallest absolute Gasteiger partial charge is 0.353 e. The van der Waals surface area contributed by atoms with Crippen LogP contribution in [-0.4, -0.2) is 16.9 Å². The Labute approximate surface area is 132 Å². The third kappa shape index (κ3) is 2.46. The van der Waals surface area contributed by atoms with Gasteiger partial charge in [0.05, 0.1) is 5.56 Å². The molecule has 0 aliphatic heterocycles. The van der Waals surface area contributed by atoms with E-state index in [9.17, 15) is 26.7 Å². The summed E-state index contributed by atoms with van der Waals surface area (Å²) >= 11 is 0. The van der Waals surface area contributed by atoms with E-state index in [1.54, 1.807) is 6.07 Å². The molecule has 1 N–H and O–H groups in total. The number of rotatable bonds is 3. The van der Waals surface area contributed by atoms with Crippen LogP contribution in [-0.2, 0) is 5.92 Å². The van der Waals surface area contributed by atoms with Gasteiger partial charge in [-0.1, -0.05) is 48.5 Å².